The molecule has 1 aliphatic carbocycles. The maximum atomic E-state index is 2.36. The van der Waals surface area contributed by atoms with Gasteiger partial charge in [0.15, 0.2) is 0 Å². The van der Waals surface area contributed by atoms with Gasteiger partial charge in [-0.2, -0.15) is 0 Å². The lowest BCUT2D eigenvalue weighted by atomic mass is 10.2. The molecule has 0 aromatic heterocycles. The van der Waals surface area contributed by atoms with Crippen molar-refractivity contribution >= 4 is 15.8 Å². The summed E-state index contributed by atoms with van der Waals surface area (Å²) in [6, 6.07) is 45.3. The summed E-state index contributed by atoms with van der Waals surface area (Å²) in [4.78, 5) is 0.474. The predicted octanol–water partition coefficient (Wildman–Crippen LogP) is 10.0. The van der Waals surface area contributed by atoms with Crippen LogP contribution >= 0.6 is 15.8 Å². The van der Waals surface area contributed by atoms with Crippen LogP contribution < -0.4 is 0 Å². The Labute approximate surface area is 214 Å². The standard InChI is InChI=1S/C33H36P2/c1-5-15-29(16-6-1)25-34(26-30-17-7-2-8-18-30)33(23-13-14-24-33)35(27-31-19-9-3-10-20-31)28-32-21-11-4-12-22-32/h1-12,15-22H,13-14,23-28H2. The molecule has 0 radical (unpaired) electrons. The van der Waals surface area contributed by atoms with Crippen molar-refractivity contribution in [3.8, 4) is 0 Å². The van der Waals surface area contributed by atoms with Gasteiger partial charge in [-0.25, -0.2) is 0 Å². The first kappa shape index (κ1) is 24.4. The van der Waals surface area contributed by atoms with Gasteiger partial charge in [-0.15, -0.1) is 0 Å². The highest BCUT2D eigenvalue weighted by Gasteiger charge is 2.46. The van der Waals surface area contributed by atoms with Crippen LogP contribution in [0, 0.1) is 0 Å². The van der Waals surface area contributed by atoms with Crippen molar-refractivity contribution in [3.63, 3.8) is 0 Å². The van der Waals surface area contributed by atoms with Crippen molar-refractivity contribution in [2.45, 2.75) is 55.2 Å². The molecular formula is C33H36P2. The van der Waals surface area contributed by atoms with E-state index in [9.17, 15) is 0 Å². The van der Waals surface area contributed by atoms with Crippen LogP contribution in [0.1, 0.15) is 47.9 Å². The Balaban J connectivity index is 1.54. The lowest BCUT2D eigenvalue weighted by Gasteiger charge is -2.46. The van der Waals surface area contributed by atoms with Crippen molar-refractivity contribution in [2.24, 2.45) is 0 Å². The van der Waals surface area contributed by atoms with Crippen LogP contribution in [0.3, 0.4) is 0 Å². The van der Waals surface area contributed by atoms with E-state index in [1.807, 2.05) is 0 Å². The van der Waals surface area contributed by atoms with Gasteiger partial charge in [0.25, 0.3) is 0 Å². The van der Waals surface area contributed by atoms with E-state index < -0.39 is 0 Å². The molecule has 0 nitrogen and oxygen atoms in total. The van der Waals surface area contributed by atoms with Gasteiger partial charge < -0.3 is 0 Å². The second-order valence-corrected chi connectivity index (χ2v) is 15.3. The van der Waals surface area contributed by atoms with Gasteiger partial charge in [0.05, 0.1) is 0 Å². The molecule has 0 saturated heterocycles. The highest BCUT2D eigenvalue weighted by molar-refractivity contribution is 7.76. The number of hydrogen-bond acceptors (Lipinski definition) is 0. The van der Waals surface area contributed by atoms with Gasteiger partial charge in [0.1, 0.15) is 0 Å². The quantitative estimate of drug-likeness (QED) is 0.192. The lowest BCUT2D eigenvalue weighted by Crippen LogP contribution is -2.24. The van der Waals surface area contributed by atoms with E-state index >= 15 is 0 Å². The summed E-state index contributed by atoms with van der Waals surface area (Å²) in [7, 11) is -0.403. The number of rotatable bonds is 10. The van der Waals surface area contributed by atoms with Gasteiger partial charge in [-0.1, -0.05) is 150 Å². The molecule has 1 fully saturated rings. The Morgan fingerprint density at radius 1 is 0.400 bits per heavy atom. The van der Waals surface area contributed by atoms with Crippen LogP contribution in [0.15, 0.2) is 121 Å². The third-order valence-electron chi connectivity index (χ3n) is 7.45. The minimum absolute atomic E-state index is 0.202. The molecule has 0 N–H and O–H groups in total. The van der Waals surface area contributed by atoms with Crippen LogP contribution in [0.4, 0.5) is 0 Å². The molecule has 0 amide bonds. The fourth-order valence-electron chi connectivity index (χ4n) is 5.69. The van der Waals surface area contributed by atoms with Crippen LogP contribution in [0.2, 0.25) is 0 Å². The van der Waals surface area contributed by atoms with Crippen molar-refractivity contribution in [1.29, 1.82) is 0 Å². The third-order valence-corrected chi connectivity index (χ3v) is 15.4. The molecule has 5 rings (SSSR count). The fourth-order valence-corrected chi connectivity index (χ4v) is 14.0. The Kier molecular flexibility index (Phi) is 8.46. The summed E-state index contributed by atoms with van der Waals surface area (Å²) in [5.74, 6) is 0. The predicted molar refractivity (Wildman–Crippen MR) is 156 cm³/mol. The van der Waals surface area contributed by atoms with Gasteiger partial charge >= 0.3 is 0 Å². The van der Waals surface area contributed by atoms with E-state index in [2.05, 4.69) is 121 Å². The van der Waals surface area contributed by atoms with Gasteiger partial charge in [0, 0.05) is 4.90 Å². The normalized spacial score (nSPS) is 15.0. The molecule has 0 spiro atoms. The summed E-state index contributed by atoms with van der Waals surface area (Å²) in [6.07, 6.45) is 10.6. The SMILES string of the molecule is c1ccc(CP(Cc2ccccc2)C2(P(Cc3ccccc3)Cc3ccccc3)CCCC2)cc1. The average molecular weight is 495 g/mol. The Morgan fingerprint density at radius 2 is 0.657 bits per heavy atom. The topological polar surface area (TPSA) is 0 Å². The molecule has 35 heavy (non-hydrogen) atoms. The van der Waals surface area contributed by atoms with Crippen LogP contribution in [0.25, 0.3) is 0 Å². The molecule has 0 heterocycles. The summed E-state index contributed by atoms with van der Waals surface area (Å²) >= 11 is 0. The van der Waals surface area contributed by atoms with Crippen molar-refractivity contribution < 1.29 is 0 Å². The second-order valence-electron chi connectivity index (χ2n) is 9.84. The number of benzene rings is 4. The second kappa shape index (κ2) is 12.1. The monoisotopic (exact) mass is 494 g/mol. The maximum absolute atomic E-state index is 2.36. The molecule has 4 aromatic carbocycles. The third kappa shape index (κ3) is 6.30. The Hall–Kier alpha value is -2.26. The molecule has 178 valence electrons. The Morgan fingerprint density at radius 3 is 0.914 bits per heavy atom. The van der Waals surface area contributed by atoms with Crippen molar-refractivity contribution in [1.82, 2.24) is 0 Å². The molecule has 0 atom stereocenters. The zero-order valence-electron chi connectivity index (χ0n) is 20.6. The fraction of sp³-hybridized carbons (Fsp3) is 0.273. The summed E-state index contributed by atoms with van der Waals surface area (Å²) < 4.78 is 0. The van der Waals surface area contributed by atoms with Gasteiger partial charge in [-0.05, 0) is 59.7 Å². The first-order chi connectivity index (χ1) is 17.3. The highest BCUT2D eigenvalue weighted by atomic mass is 31.2. The van der Waals surface area contributed by atoms with Gasteiger partial charge in [-0.3, -0.25) is 0 Å². The molecule has 0 aliphatic heterocycles. The van der Waals surface area contributed by atoms with Crippen molar-refractivity contribution in [2.75, 3.05) is 0 Å². The van der Waals surface area contributed by atoms with E-state index in [0.29, 0.717) is 4.90 Å². The molecule has 1 saturated carbocycles. The van der Waals surface area contributed by atoms with E-state index in [-0.39, 0.29) is 15.8 Å². The van der Waals surface area contributed by atoms with Crippen LogP contribution in [-0.4, -0.2) is 4.90 Å². The molecular weight excluding hydrogens is 458 g/mol. The van der Waals surface area contributed by atoms with E-state index in [1.54, 1.807) is 0 Å². The summed E-state index contributed by atoms with van der Waals surface area (Å²) in [6.45, 7) is 0. The molecule has 0 bridgehead atoms. The first-order valence-electron chi connectivity index (χ1n) is 13.0. The molecule has 2 heteroatoms. The highest BCUT2D eigenvalue weighted by Crippen LogP contribution is 2.76. The zero-order chi connectivity index (χ0) is 23.8. The minimum atomic E-state index is -0.202. The summed E-state index contributed by atoms with van der Waals surface area (Å²) in [5, 5.41) is 0. The summed E-state index contributed by atoms with van der Waals surface area (Å²) in [5.41, 5.74) is 6.09. The zero-order valence-corrected chi connectivity index (χ0v) is 22.4. The smallest absolute Gasteiger partial charge is 0.0118 e. The minimum Gasteiger partial charge on any atom is -0.0869 e. The van der Waals surface area contributed by atoms with E-state index in [4.69, 9.17) is 0 Å². The molecule has 4 aromatic rings. The van der Waals surface area contributed by atoms with Gasteiger partial charge in [0.2, 0.25) is 0 Å². The van der Waals surface area contributed by atoms with Crippen LogP contribution in [-0.2, 0) is 24.6 Å². The lowest BCUT2D eigenvalue weighted by molar-refractivity contribution is 0.795. The number of hydrogen-bond donors (Lipinski definition) is 0. The van der Waals surface area contributed by atoms with E-state index in [0.717, 1.165) is 0 Å². The van der Waals surface area contributed by atoms with Crippen molar-refractivity contribution in [3.05, 3.63) is 144 Å². The Bertz CT molecular complexity index is 965. The average Bonchev–Trinajstić information content (AvgIpc) is 3.42. The first-order valence-corrected chi connectivity index (χ1v) is 16.4. The molecule has 1 aliphatic rings. The molecule has 0 unspecified atom stereocenters. The maximum Gasteiger partial charge on any atom is 0.0118 e. The largest absolute Gasteiger partial charge is 0.0869 e. The van der Waals surface area contributed by atoms with E-state index in [1.165, 1.54) is 72.6 Å². The van der Waals surface area contributed by atoms with Crippen LogP contribution in [0.5, 0.6) is 0 Å².